The Bertz CT molecular complexity index is 699. The van der Waals surface area contributed by atoms with E-state index >= 15 is 0 Å². The highest BCUT2D eigenvalue weighted by molar-refractivity contribution is 6.03. The summed E-state index contributed by atoms with van der Waals surface area (Å²) in [4.78, 5) is 12.3. The smallest absolute Gasteiger partial charge is 0.273 e. The molecule has 1 amide bonds. The topological polar surface area (TPSA) is 70.7 Å². The summed E-state index contributed by atoms with van der Waals surface area (Å²) in [6.07, 6.45) is 0. The maximum atomic E-state index is 12.3. The lowest BCUT2D eigenvalue weighted by molar-refractivity contribution is 0.101. The highest BCUT2D eigenvalue weighted by Gasteiger charge is 2.21. The van der Waals surface area contributed by atoms with Crippen LogP contribution in [0.4, 0.5) is 5.69 Å². The van der Waals surface area contributed by atoms with Gasteiger partial charge in [-0.2, -0.15) is 10.4 Å². The molecule has 2 aromatic rings. The lowest BCUT2D eigenvalue weighted by Crippen LogP contribution is -2.15. The number of nitrogens with one attached hydrogen (secondary N) is 1. The first kappa shape index (κ1) is 14.8. The number of carbonyl (C=O) groups excluding carboxylic acids is 1. The molecule has 0 unspecified atom stereocenters. The van der Waals surface area contributed by atoms with Crippen molar-refractivity contribution in [2.45, 2.75) is 26.2 Å². The van der Waals surface area contributed by atoms with Crippen LogP contribution in [0.2, 0.25) is 0 Å². The molecule has 0 aliphatic rings. The average molecular weight is 282 g/mol. The molecule has 0 aliphatic heterocycles. The van der Waals surface area contributed by atoms with E-state index in [4.69, 9.17) is 5.26 Å². The highest BCUT2D eigenvalue weighted by Crippen LogP contribution is 2.21. The Morgan fingerprint density at radius 3 is 2.38 bits per heavy atom. The van der Waals surface area contributed by atoms with E-state index in [0.717, 1.165) is 5.69 Å². The molecule has 0 fully saturated rings. The molecule has 1 aromatic heterocycles. The minimum atomic E-state index is -0.217. The van der Waals surface area contributed by atoms with E-state index in [1.54, 1.807) is 42.1 Å². The first-order valence-electron chi connectivity index (χ1n) is 6.67. The monoisotopic (exact) mass is 282 g/mol. The normalized spacial score (nSPS) is 11.0. The van der Waals surface area contributed by atoms with Crippen molar-refractivity contribution in [3.8, 4) is 6.07 Å². The number of nitriles is 1. The molecule has 5 heteroatoms. The Hall–Kier alpha value is -2.61. The van der Waals surface area contributed by atoms with E-state index in [9.17, 15) is 4.79 Å². The van der Waals surface area contributed by atoms with Crippen LogP contribution in [-0.2, 0) is 12.5 Å². The van der Waals surface area contributed by atoms with Gasteiger partial charge in [0.15, 0.2) is 0 Å². The summed E-state index contributed by atoms with van der Waals surface area (Å²) >= 11 is 0. The fourth-order valence-electron chi connectivity index (χ4n) is 1.87. The summed E-state index contributed by atoms with van der Waals surface area (Å²) < 4.78 is 1.58. The van der Waals surface area contributed by atoms with Crippen LogP contribution in [0, 0.1) is 11.3 Å². The molecular formula is C16H18N4O. The maximum absolute atomic E-state index is 12.3. The van der Waals surface area contributed by atoms with Gasteiger partial charge >= 0.3 is 0 Å². The molecule has 0 saturated carbocycles. The van der Waals surface area contributed by atoms with Crippen molar-refractivity contribution >= 4 is 11.6 Å². The van der Waals surface area contributed by atoms with Crippen molar-refractivity contribution in [2.24, 2.45) is 7.05 Å². The predicted octanol–water partition coefficient (Wildman–Crippen LogP) is 2.84. The Labute approximate surface area is 124 Å². The van der Waals surface area contributed by atoms with Crippen LogP contribution in [0.1, 0.15) is 42.5 Å². The zero-order valence-corrected chi connectivity index (χ0v) is 12.6. The van der Waals surface area contributed by atoms with Crippen LogP contribution in [0.25, 0.3) is 0 Å². The van der Waals surface area contributed by atoms with Crippen molar-refractivity contribution in [1.82, 2.24) is 9.78 Å². The van der Waals surface area contributed by atoms with E-state index in [1.807, 2.05) is 6.07 Å². The quantitative estimate of drug-likeness (QED) is 0.920. The second-order valence-corrected chi connectivity index (χ2v) is 5.93. The first-order chi connectivity index (χ1) is 9.81. The maximum Gasteiger partial charge on any atom is 0.273 e. The number of nitrogens with zero attached hydrogens (tertiary/aromatic N) is 3. The molecule has 0 spiro atoms. The van der Waals surface area contributed by atoms with Crippen LogP contribution in [0.5, 0.6) is 0 Å². The van der Waals surface area contributed by atoms with Gasteiger partial charge < -0.3 is 5.32 Å². The Morgan fingerprint density at radius 2 is 1.90 bits per heavy atom. The molecule has 0 atom stereocenters. The van der Waals surface area contributed by atoms with Crippen molar-refractivity contribution in [1.29, 1.82) is 5.26 Å². The van der Waals surface area contributed by atoms with Gasteiger partial charge in [-0.15, -0.1) is 0 Å². The van der Waals surface area contributed by atoms with Gasteiger partial charge in [0.1, 0.15) is 5.69 Å². The van der Waals surface area contributed by atoms with Crippen molar-refractivity contribution in [3.05, 3.63) is 47.3 Å². The third-order valence-electron chi connectivity index (χ3n) is 3.15. The zero-order valence-electron chi connectivity index (χ0n) is 12.6. The van der Waals surface area contributed by atoms with Gasteiger partial charge in [-0.25, -0.2) is 0 Å². The van der Waals surface area contributed by atoms with E-state index in [-0.39, 0.29) is 11.3 Å². The summed E-state index contributed by atoms with van der Waals surface area (Å²) in [6.45, 7) is 6.16. The number of amides is 1. The number of hydrogen-bond acceptors (Lipinski definition) is 3. The number of carbonyl (C=O) groups is 1. The van der Waals surface area contributed by atoms with Gasteiger partial charge in [-0.3, -0.25) is 9.48 Å². The third kappa shape index (κ3) is 3.29. The minimum absolute atomic E-state index is 0.106. The summed E-state index contributed by atoms with van der Waals surface area (Å²) in [5, 5.41) is 15.9. The molecule has 1 heterocycles. The molecule has 2 rings (SSSR count). The van der Waals surface area contributed by atoms with Crippen LogP contribution in [0.3, 0.4) is 0 Å². The molecule has 108 valence electrons. The molecule has 0 bridgehead atoms. The summed E-state index contributed by atoms with van der Waals surface area (Å²) in [5.74, 6) is -0.217. The van der Waals surface area contributed by atoms with Gasteiger partial charge in [-0.1, -0.05) is 20.8 Å². The zero-order chi connectivity index (χ0) is 15.6. The number of anilines is 1. The predicted molar refractivity (Wildman–Crippen MR) is 81.0 cm³/mol. The van der Waals surface area contributed by atoms with E-state index in [2.05, 4.69) is 31.2 Å². The van der Waals surface area contributed by atoms with E-state index in [0.29, 0.717) is 16.9 Å². The van der Waals surface area contributed by atoms with Gasteiger partial charge in [0.05, 0.1) is 17.3 Å². The number of aromatic nitrogens is 2. The second-order valence-electron chi connectivity index (χ2n) is 5.93. The Balaban J connectivity index is 2.20. The van der Waals surface area contributed by atoms with Crippen molar-refractivity contribution in [3.63, 3.8) is 0 Å². The summed E-state index contributed by atoms with van der Waals surface area (Å²) in [7, 11) is 1.75. The fourth-order valence-corrected chi connectivity index (χ4v) is 1.87. The van der Waals surface area contributed by atoms with Crippen LogP contribution < -0.4 is 5.32 Å². The molecule has 1 aromatic carbocycles. The van der Waals surface area contributed by atoms with E-state index < -0.39 is 0 Å². The van der Waals surface area contributed by atoms with Crippen molar-refractivity contribution in [2.75, 3.05) is 5.32 Å². The third-order valence-corrected chi connectivity index (χ3v) is 3.15. The fraction of sp³-hybridized carbons (Fsp3) is 0.312. The lowest BCUT2D eigenvalue weighted by atomic mass is 9.92. The second kappa shape index (κ2) is 5.41. The molecule has 0 saturated heterocycles. The lowest BCUT2D eigenvalue weighted by Gasteiger charge is -2.13. The van der Waals surface area contributed by atoms with Crippen LogP contribution in [-0.4, -0.2) is 15.7 Å². The first-order valence-corrected chi connectivity index (χ1v) is 6.67. The highest BCUT2D eigenvalue weighted by atomic mass is 16.2. The van der Waals surface area contributed by atoms with Crippen LogP contribution >= 0.6 is 0 Å². The number of aryl methyl sites for hydroxylation is 1. The number of hydrogen-bond donors (Lipinski definition) is 1. The summed E-state index contributed by atoms with van der Waals surface area (Å²) in [6, 6.07) is 10.6. The molecule has 5 nitrogen and oxygen atoms in total. The molecule has 0 aliphatic carbocycles. The SMILES string of the molecule is Cn1nc(C(C)(C)C)cc1C(=O)Nc1ccc(C#N)cc1. The van der Waals surface area contributed by atoms with Gasteiger partial charge in [0, 0.05) is 18.2 Å². The number of benzene rings is 1. The van der Waals surface area contributed by atoms with Gasteiger partial charge in [0.2, 0.25) is 0 Å². The average Bonchev–Trinajstić information content (AvgIpc) is 2.82. The standard InChI is InChI=1S/C16H18N4O/c1-16(2,3)14-9-13(20(4)19-14)15(21)18-12-7-5-11(10-17)6-8-12/h5-9H,1-4H3,(H,18,21). The van der Waals surface area contributed by atoms with Gasteiger partial charge in [-0.05, 0) is 30.3 Å². The van der Waals surface area contributed by atoms with Crippen molar-refractivity contribution < 1.29 is 4.79 Å². The Morgan fingerprint density at radius 1 is 1.29 bits per heavy atom. The van der Waals surface area contributed by atoms with E-state index in [1.165, 1.54) is 0 Å². The van der Waals surface area contributed by atoms with Crippen LogP contribution in [0.15, 0.2) is 30.3 Å². The molecule has 1 N–H and O–H groups in total. The molecule has 21 heavy (non-hydrogen) atoms. The Kier molecular flexibility index (Phi) is 3.81. The van der Waals surface area contributed by atoms with Gasteiger partial charge in [0.25, 0.3) is 5.91 Å². The number of rotatable bonds is 2. The summed E-state index contributed by atoms with van der Waals surface area (Å²) in [5.41, 5.74) is 2.48. The molecule has 0 radical (unpaired) electrons. The minimum Gasteiger partial charge on any atom is -0.321 e. The molecular weight excluding hydrogens is 264 g/mol. The largest absolute Gasteiger partial charge is 0.321 e.